The van der Waals surface area contributed by atoms with Crippen LogP contribution in [-0.2, 0) is 22.8 Å². The Hall–Kier alpha value is -3.43. The van der Waals surface area contributed by atoms with Crippen LogP contribution < -0.4 is 4.90 Å². The van der Waals surface area contributed by atoms with Gasteiger partial charge in [0.25, 0.3) is 0 Å². The summed E-state index contributed by atoms with van der Waals surface area (Å²) in [5, 5.41) is 4.11. The fourth-order valence-corrected chi connectivity index (χ4v) is 5.39. The predicted molar refractivity (Wildman–Crippen MR) is 142 cm³/mol. The molecular formula is C28H32N4O4S. The molecule has 194 valence electrons. The molecule has 5 rings (SSSR count). The first-order chi connectivity index (χ1) is 17.9. The fraction of sp³-hybridized carbons (Fsp3) is 0.357. The van der Waals surface area contributed by atoms with Gasteiger partial charge in [0.2, 0.25) is 11.7 Å². The van der Waals surface area contributed by atoms with Crippen molar-refractivity contribution in [1.29, 1.82) is 0 Å². The van der Waals surface area contributed by atoms with Crippen LogP contribution in [0.4, 0.5) is 5.69 Å². The van der Waals surface area contributed by atoms with Crippen LogP contribution in [0.3, 0.4) is 0 Å². The van der Waals surface area contributed by atoms with Crippen molar-refractivity contribution >= 4 is 15.5 Å². The van der Waals surface area contributed by atoms with Crippen molar-refractivity contribution in [2.75, 3.05) is 37.3 Å². The molecule has 2 aromatic carbocycles. The largest absolute Gasteiger partial charge is 0.467 e. The molecule has 0 radical (unpaired) electrons. The van der Waals surface area contributed by atoms with Crippen LogP contribution in [0.5, 0.6) is 0 Å². The number of hydrogen-bond acceptors (Lipinski definition) is 8. The topological polar surface area (TPSA) is 92.7 Å². The minimum Gasteiger partial charge on any atom is -0.467 e. The minimum atomic E-state index is -3.23. The van der Waals surface area contributed by atoms with Gasteiger partial charge in [0.05, 0.1) is 17.7 Å². The number of hydrogen-bond donors (Lipinski definition) is 0. The summed E-state index contributed by atoms with van der Waals surface area (Å²) < 4.78 is 34.5. The van der Waals surface area contributed by atoms with E-state index < -0.39 is 9.84 Å². The Labute approximate surface area is 217 Å². The first-order valence-corrected chi connectivity index (χ1v) is 14.5. The molecule has 0 unspecified atom stereocenters. The SMILES string of the molecule is CS(=O)(=O)c1ccc(-c2noc(CC3CCN(CCN(Cc4ccco4)c4ccccc4)CC3)n2)cc1. The number of benzene rings is 2. The van der Waals surface area contributed by atoms with Crippen molar-refractivity contribution in [2.24, 2.45) is 5.92 Å². The van der Waals surface area contributed by atoms with Gasteiger partial charge in [-0.15, -0.1) is 0 Å². The number of nitrogens with zero attached hydrogens (tertiary/aromatic N) is 4. The van der Waals surface area contributed by atoms with Crippen LogP contribution in [0.15, 0.2) is 86.8 Å². The van der Waals surface area contributed by atoms with Crippen LogP contribution in [0, 0.1) is 5.92 Å². The Bertz CT molecular complexity index is 1360. The number of aromatic nitrogens is 2. The second-order valence-corrected chi connectivity index (χ2v) is 11.6. The molecule has 0 atom stereocenters. The first-order valence-electron chi connectivity index (χ1n) is 12.6. The molecule has 0 aliphatic carbocycles. The Kier molecular flexibility index (Phi) is 7.71. The number of para-hydroxylation sites is 1. The molecule has 1 aliphatic rings. The van der Waals surface area contributed by atoms with Crippen LogP contribution in [0.2, 0.25) is 0 Å². The molecule has 1 saturated heterocycles. The van der Waals surface area contributed by atoms with Gasteiger partial charge in [0.15, 0.2) is 9.84 Å². The maximum Gasteiger partial charge on any atom is 0.227 e. The van der Waals surface area contributed by atoms with Gasteiger partial charge in [-0.1, -0.05) is 23.4 Å². The number of piperidine rings is 1. The standard InChI is InChI=1S/C28H32N4O4S/c1-37(33,34)26-11-9-23(10-12-26)28-29-27(36-30-28)20-22-13-15-31(16-14-22)17-18-32(21-25-8-5-19-35-25)24-6-3-2-4-7-24/h2-12,19,22H,13-18,20-21H2,1H3. The van der Waals surface area contributed by atoms with Gasteiger partial charge in [-0.25, -0.2) is 8.42 Å². The van der Waals surface area contributed by atoms with Crippen LogP contribution in [0.25, 0.3) is 11.4 Å². The van der Waals surface area contributed by atoms with Crippen LogP contribution in [-0.4, -0.2) is 55.9 Å². The summed E-state index contributed by atoms with van der Waals surface area (Å²) in [7, 11) is -3.23. The summed E-state index contributed by atoms with van der Waals surface area (Å²) in [5.74, 6) is 2.60. The van der Waals surface area contributed by atoms with E-state index >= 15 is 0 Å². The highest BCUT2D eigenvalue weighted by Crippen LogP contribution is 2.24. The molecule has 0 N–H and O–H groups in total. The normalized spacial score (nSPS) is 15.2. The van der Waals surface area contributed by atoms with E-state index in [9.17, 15) is 8.42 Å². The summed E-state index contributed by atoms with van der Waals surface area (Å²) >= 11 is 0. The third-order valence-corrected chi connectivity index (χ3v) is 8.04. The number of rotatable bonds is 10. The Morgan fingerprint density at radius 2 is 1.76 bits per heavy atom. The zero-order chi connectivity index (χ0) is 25.7. The lowest BCUT2D eigenvalue weighted by molar-refractivity contribution is 0.180. The predicted octanol–water partition coefficient (Wildman–Crippen LogP) is 4.69. The van der Waals surface area contributed by atoms with E-state index in [0.717, 1.165) is 63.3 Å². The Morgan fingerprint density at radius 3 is 2.43 bits per heavy atom. The van der Waals surface area contributed by atoms with E-state index in [0.29, 0.717) is 17.6 Å². The summed E-state index contributed by atoms with van der Waals surface area (Å²) in [6.07, 6.45) is 5.86. The van der Waals surface area contributed by atoms with Gasteiger partial charge >= 0.3 is 0 Å². The van der Waals surface area contributed by atoms with E-state index in [1.54, 1.807) is 30.5 Å². The molecule has 3 heterocycles. The molecule has 4 aromatic rings. The van der Waals surface area contributed by atoms with Gasteiger partial charge in [-0.05, 0) is 80.4 Å². The molecule has 0 spiro atoms. The van der Waals surface area contributed by atoms with Crippen molar-refractivity contribution in [3.63, 3.8) is 0 Å². The number of sulfone groups is 1. The molecule has 37 heavy (non-hydrogen) atoms. The zero-order valence-electron chi connectivity index (χ0n) is 21.0. The highest BCUT2D eigenvalue weighted by Gasteiger charge is 2.23. The third kappa shape index (κ3) is 6.67. The second kappa shape index (κ2) is 11.3. The Morgan fingerprint density at radius 1 is 1.00 bits per heavy atom. The maximum absolute atomic E-state index is 11.7. The molecule has 1 aliphatic heterocycles. The maximum atomic E-state index is 11.7. The summed E-state index contributed by atoms with van der Waals surface area (Å²) in [5.41, 5.74) is 1.95. The van der Waals surface area contributed by atoms with Crippen molar-refractivity contribution in [3.05, 3.63) is 84.6 Å². The van der Waals surface area contributed by atoms with Gasteiger partial charge in [0, 0.05) is 37.0 Å². The minimum absolute atomic E-state index is 0.277. The average Bonchev–Trinajstić information content (AvgIpc) is 3.60. The third-order valence-electron chi connectivity index (χ3n) is 6.91. The van der Waals surface area contributed by atoms with Gasteiger partial charge in [0.1, 0.15) is 5.76 Å². The fourth-order valence-electron chi connectivity index (χ4n) is 4.76. The van der Waals surface area contributed by atoms with E-state index in [-0.39, 0.29) is 4.90 Å². The summed E-state index contributed by atoms with van der Waals surface area (Å²) in [4.78, 5) is 9.73. The number of likely N-dealkylation sites (tertiary alicyclic amines) is 1. The van der Waals surface area contributed by atoms with Crippen molar-refractivity contribution in [2.45, 2.75) is 30.7 Å². The van der Waals surface area contributed by atoms with Gasteiger partial charge in [-0.3, -0.25) is 0 Å². The van der Waals surface area contributed by atoms with E-state index in [2.05, 4.69) is 44.2 Å². The molecule has 2 aromatic heterocycles. The number of furan rings is 1. The first kappa shape index (κ1) is 25.2. The quantitative estimate of drug-likeness (QED) is 0.297. The molecule has 9 heteroatoms. The monoisotopic (exact) mass is 520 g/mol. The lowest BCUT2D eigenvalue weighted by atomic mass is 9.93. The highest BCUT2D eigenvalue weighted by atomic mass is 32.2. The second-order valence-electron chi connectivity index (χ2n) is 9.63. The van der Waals surface area contributed by atoms with E-state index in [4.69, 9.17) is 8.94 Å². The molecule has 0 amide bonds. The molecule has 0 saturated carbocycles. The Balaban J connectivity index is 1.12. The van der Waals surface area contributed by atoms with Crippen LogP contribution >= 0.6 is 0 Å². The lowest BCUT2D eigenvalue weighted by Gasteiger charge is -2.33. The summed E-state index contributed by atoms with van der Waals surface area (Å²) in [6.45, 7) is 4.77. The average molecular weight is 521 g/mol. The molecule has 8 nitrogen and oxygen atoms in total. The van der Waals surface area contributed by atoms with Crippen molar-refractivity contribution in [3.8, 4) is 11.4 Å². The lowest BCUT2D eigenvalue weighted by Crippen LogP contribution is -2.40. The smallest absolute Gasteiger partial charge is 0.227 e. The van der Waals surface area contributed by atoms with Crippen LogP contribution in [0.1, 0.15) is 24.5 Å². The van der Waals surface area contributed by atoms with E-state index in [1.807, 2.05) is 18.2 Å². The van der Waals surface area contributed by atoms with E-state index in [1.165, 1.54) is 11.9 Å². The van der Waals surface area contributed by atoms with Gasteiger partial charge < -0.3 is 18.7 Å². The van der Waals surface area contributed by atoms with Crippen molar-refractivity contribution in [1.82, 2.24) is 15.0 Å². The molecular weight excluding hydrogens is 488 g/mol. The highest BCUT2D eigenvalue weighted by molar-refractivity contribution is 7.90. The number of anilines is 1. The summed E-state index contributed by atoms with van der Waals surface area (Å²) in [6, 6.07) is 21.0. The van der Waals surface area contributed by atoms with Crippen molar-refractivity contribution < 1.29 is 17.4 Å². The zero-order valence-corrected chi connectivity index (χ0v) is 21.8. The molecule has 1 fully saturated rings. The van der Waals surface area contributed by atoms with Gasteiger partial charge in [-0.2, -0.15) is 4.98 Å². The molecule has 0 bridgehead atoms.